The Hall–Kier alpha value is -3.84. The molecule has 37 heavy (non-hydrogen) atoms. The van der Waals surface area contributed by atoms with Crippen LogP contribution >= 0.6 is 0 Å². The molecule has 2 aliphatic heterocycles. The molecular weight excluding hydrogens is 487 g/mol. The van der Waals surface area contributed by atoms with Crippen molar-refractivity contribution in [1.29, 1.82) is 0 Å². The fourth-order valence-corrected chi connectivity index (χ4v) is 4.21. The Labute approximate surface area is 212 Å². The van der Waals surface area contributed by atoms with E-state index in [0.29, 0.717) is 31.7 Å². The second-order valence-electron chi connectivity index (χ2n) is 9.04. The highest BCUT2D eigenvalue weighted by Gasteiger charge is 2.36. The zero-order chi connectivity index (χ0) is 26.7. The summed E-state index contributed by atoms with van der Waals surface area (Å²) in [5, 5.41) is 13.0. The summed E-state index contributed by atoms with van der Waals surface area (Å²) in [6, 6.07) is 4.50. The zero-order valence-electron chi connectivity index (χ0n) is 20.6. The summed E-state index contributed by atoms with van der Waals surface area (Å²) in [7, 11) is 3.34. The monoisotopic (exact) mass is 516 g/mol. The van der Waals surface area contributed by atoms with Crippen LogP contribution in [-0.2, 0) is 27.4 Å². The molecule has 13 heteroatoms. The van der Waals surface area contributed by atoms with E-state index < -0.39 is 46.6 Å². The Kier molecular flexibility index (Phi) is 7.83. The number of hydrogen-bond acceptors (Lipinski definition) is 8. The summed E-state index contributed by atoms with van der Waals surface area (Å²) in [6.07, 6.45) is 0. The van der Waals surface area contributed by atoms with Gasteiger partial charge in [0.25, 0.3) is 11.5 Å². The molecule has 0 radical (unpaired) electrons. The van der Waals surface area contributed by atoms with Crippen molar-refractivity contribution in [2.24, 2.45) is 0 Å². The fraction of sp³-hybridized carbons (Fsp3) is 0.458. The number of amides is 3. The number of aromatic hydroxyl groups is 1. The van der Waals surface area contributed by atoms with Gasteiger partial charge in [-0.15, -0.1) is 0 Å². The van der Waals surface area contributed by atoms with Crippen molar-refractivity contribution in [2.75, 3.05) is 53.5 Å². The van der Waals surface area contributed by atoms with Gasteiger partial charge in [0.05, 0.1) is 19.8 Å². The smallest absolute Gasteiger partial charge is 0.312 e. The zero-order valence-corrected chi connectivity index (χ0v) is 20.6. The summed E-state index contributed by atoms with van der Waals surface area (Å²) < 4.78 is 19.9. The van der Waals surface area contributed by atoms with Gasteiger partial charge in [0.1, 0.15) is 17.7 Å². The molecule has 0 aliphatic carbocycles. The van der Waals surface area contributed by atoms with Gasteiger partial charge in [-0.1, -0.05) is 12.1 Å². The lowest BCUT2D eigenvalue weighted by molar-refractivity contribution is -0.154. The van der Waals surface area contributed by atoms with Crippen molar-refractivity contribution in [3.05, 3.63) is 57.5 Å². The number of ether oxygens (including phenoxy) is 1. The first-order chi connectivity index (χ1) is 17.7. The first-order valence-corrected chi connectivity index (χ1v) is 11.9. The van der Waals surface area contributed by atoms with Gasteiger partial charge >= 0.3 is 11.8 Å². The number of fused-ring (bicyclic) bond motifs is 1. The van der Waals surface area contributed by atoms with Gasteiger partial charge in [-0.2, -0.15) is 0 Å². The number of benzene rings is 1. The molecular formula is C24H29FN6O6. The lowest BCUT2D eigenvalue weighted by Gasteiger charge is -2.34. The molecule has 0 saturated carbocycles. The van der Waals surface area contributed by atoms with Crippen LogP contribution in [0.4, 0.5) is 4.39 Å². The molecule has 2 aromatic rings. The molecule has 1 saturated heterocycles. The maximum absolute atomic E-state index is 13.1. The van der Waals surface area contributed by atoms with Crippen LogP contribution in [0.25, 0.3) is 0 Å². The first kappa shape index (κ1) is 26.2. The van der Waals surface area contributed by atoms with Crippen molar-refractivity contribution < 1.29 is 28.6 Å². The largest absolute Gasteiger partial charge is 0.501 e. The minimum atomic E-state index is -0.955. The van der Waals surface area contributed by atoms with Gasteiger partial charge in [0.15, 0.2) is 5.69 Å². The van der Waals surface area contributed by atoms with Gasteiger partial charge in [-0.05, 0) is 24.7 Å². The van der Waals surface area contributed by atoms with E-state index >= 15 is 0 Å². The Bertz CT molecular complexity index is 1240. The summed E-state index contributed by atoms with van der Waals surface area (Å²) in [6.45, 7) is 2.20. The Morgan fingerprint density at radius 1 is 1.16 bits per heavy atom. The van der Waals surface area contributed by atoms with Gasteiger partial charge < -0.3 is 29.9 Å². The van der Waals surface area contributed by atoms with Crippen molar-refractivity contribution in [3.8, 4) is 5.75 Å². The molecule has 1 fully saturated rings. The van der Waals surface area contributed by atoms with Crippen LogP contribution in [0.5, 0.6) is 5.75 Å². The molecule has 1 unspecified atom stereocenters. The van der Waals surface area contributed by atoms with Gasteiger partial charge in [0.2, 0.25) is 5.75 Å². The number of likely N-dealkylation sites (N-methyl/N-ethyl adjacent to an activating group) is 2. The van der Waals surface area contributed by atoms with E-state index in [1.165, 1.54) is 36.2 Å². The molecule has 3 heterocycles. The molecule has 12 nitrogen and oxygen atoms in total. The van der Waals surface area contributed by atoms with Crippen molar-refractivity contribution in [1.82, 2.24) is 29.6 Å². The van der Waals surface area contributed by atoms with Gasteiger partial charge in [-0.3, -0.25) is 23.7 Å². The summed E-state index contributed by atoms with van der Waals surface area (Å²) >= 11 is 0. The second-order valence-corrected chi connectivity index (χ2v) is 9.04. The average molecular weight is 517 g/mol. The maximum atomic E-state index is 13.1. The molecule has 1 aromatic heterocycles. The Morgan fingerprint density at radius 3 is 2.51 bits per heavy atom. The third-order valence-electron chi connectivity index (χ3n) is 6.55. The molecule has 4 rings (SSSR count). The number of hydrogen-bond donors (Lipinski definition) is 2. The molecule has 2 N–H and O–H groups in total. The quantitative estimate of drug-likeness (QED) is 0.510. The van der Waals surface area contributed by atoms with E-state index in [1.807, 2.05) is 7.05 Å². The third kappa shape index (κ3) is 5.62. The number of carbonyl (C=O) groups excluding carboxylic acids is 3. The number of halogens is 1. The lowest BCUT2D eigenvalue weighted by atomic mass is 10.2. The highest BCUT2D eigenvalue weighted by atomic mass is 19.1. The van der Waals surface area contributed by atoms with Crippen LogP contribution in [0, 0.1) is 5.82 Å². The van der Waals surface area contributed by atoms with Crippen LogP contribution in [-0.4, -0.2) is 101 Å². The van der Waals surface area contributed by atoms with Crippen molar-refractivity contribution >= 4 is 17.7 Å². The molecule has 1 atom stereocenters. The topological polar surface area (TPSA) is 137 Å². The Balaban J connectivity index is 1.59. The summed E-state index contributed by atoms with van der Waals surface area (Å²) in [5.74, 6) is -3.54. The highest BCUT2D eigenvalue weighted by molar-refractivity contribution is 6.34. The van der Waals surface area contributed by atoms with Crippen molar-refractivity contribution in [3.63, 3.8) is 0 Å². The highest BCUT2D eigenvalue weighted by Crippen LogP contribution is 2.23. The summed E-state index contributed by atoms with van der Waals surface area (Å²) in [5.41, 5.74) is -0.782. The lowest BCUT2D eigenvalue weighted by Crippen LogP contribution is -2.52. The molecule has 1 aromatic carbocycles. The van der Waals surface area contributed by atoms with E-state index in [0.717, 1.165) is 9.47 Å². The minimum absolute atomic E-state index is 0.00308. The first-order valence-electron chi connectivity index (χ1n) is 11.9. The van der Waals surface area contributed by atoms with Crippen LogP contribution in [0.2, 0.25) is 0 Å². The summed E-state index contributed by atoms with van der Waals surface area (Å²) in [4.78, 5) is 60.7. The van der Waals surface area contributed by atoms with Gasteiger partial charge in [-0.25, -0.2) is 9.37 Å². The number of piperazine rings is 1. The van der Waals surface area contributed by atoms with Crippen LogP contribution < -0.4 is 10.9 Å². The number of nitrogens with zero attached hydrogens (tertiary/aromatic N) is 5. The average Bonchev–Trinajstić information content (AvgIpc) is 3.12. The number of rotatable bonds is 4. The third-order valence-corrected chi connectivity index (χ3v) is 6.55. The van der Waals surface area contributed by atoms with E-state index in [9.17, 15) is 28.7 Å². The second kappa shape index (κ2) is 11.0. The predicted molar refractivity (Wildman–Crippen MR) is 128 cm³/mol. The van der Waals surface area contributed by atoms with Crippen LogP contribution in [0.15, 0.2) is 29.1 Å². The molecule has 3 amide bonds. The maximum Gasteiger partial charge on any atom is 0.312 e. The van der Waals surface area contributed by atoms with Crippen LogP contribution in [0.1, 0.15) is 27.9 Å². The number of aromatic nitrogens is 2. The standard InChI is InChI=1S/C24H29FN6O6/c1-28-7-9-30(10-8-28)24(36)23(35)29(2)17-14-37-12-11-31-20(17)27-18(19(32)22(31)34)21(33)26-13-15-3-5-16(25)6-4-15/h3-6,17,32H,7-14H2,1-2H3,(H,26,33). The van der Waals surface area contributed by atoms with Crippen LogP contribution in [0.3, 0.4) is 0 Å². The van der Waals surface area contributed by atoms with Gasteiger partial charge in [0, 0.05) is 39.8 Å². The van der Waals surface area contributed by atoms with E-state index in [-0.39, 0.29) is 32.1 Å². The molecule has 198 valence electrons. The fourth-order valence-electron chi connectivity index (χ4n) is 4.21. The normalized spacial score (nSPS) is 18.0. The molecule has 2 aliphatic rings. The van der Waals surface area contributed by atoms with E-state index in [2.05, 4.69) is 15.2 Å². The predicted octanol–water partition coefficient (Wildman–Crippen LogP) is -0.678. The molecule has 0 bridgehead atoms. The van der Waals surface area contributed by atoms with E-state index in [4.69, 9.17) is 4.74 Å². The van der Waals surface area contributed by atoms with E-state index in [1.54, 1.807) is 0 Å². The van der Waals surface area contributed by atoms with Crippen molar-refractivity contribution in [2.45, 2.75) is 19.1 Å². The SMILES string of the molecule is CN1CCN(C(=O)C(=O)N(C)C2COCCn3c2nc(C(=O)NCc2ccc(F)cc2)c(O)c3=O)CC1. The number of nitrogens with one attached hydrogen (secondary N) is 1. The molecule has 0 spiro atoms. The Morgan fingerprint density at radius 2 is 1.84 bits per heavy atom. The minimum Gasteiger partial charge on any atom is -0.501 e. The number of carbonyl (C=O) groups is 3.